The van der Waals surface area contributed by atoms with Crippen LogP contribution >= 0.6 is 0 Å². The second-order valence-electron chi connectivity index (χ2n) is 5.32. The summed E-state index contributed by atoms with van der Waals surface area (Å²) < 4.78 is 0. The maximum Gasteiger partial charge on any atom is 0.243 e. The van der Waals surface area contributed by atoms with E-state index in [1.165, 1.54) is 32.1 Å². The van der Waals surface area contributed by atoms with E-state index in [1.807, 2.05) is 30.3 Å². The maximum absolute atomic E-state index is 11.9. The van der Waals surface area contributed by atoms with Crippen LogP contribution in [0, 0.1) is 0 Å². The van der Waals surface area contributed by atoms with Crippen LogP contribution in [0.5, 0.6) is 0 Å². The fourth-order valence-corrected chi connectivity index (χ4v) is 2.53. The van der Waals surface area contributed by atoms with Crippen molar-refractivity contribution >= 4 is 17.6 Å². The quantitative estimate of drug-likeness (QED) is 0.587. The van der Waals surface area contributed by atoms with Gasteiger partial charge in [-0.1, -0.05) is 37.5 Å². The van der Waals surface area contributed by atoms with Crippen LogP contribution in [-0.4, -0.2) is 31.5 Å². The normalized spacial score (nSPS) is 16.3. The van der Waals surface area contributed by atoms with E-state index in [0.29, 0.717) is 12.0 Å². The number of amides is 1. The largest absolute Gasteiger partial charge is 0.354 e. The van der Waals surface area contributed by atoms with E-state index in [9.17, 15) is 4.79 Å². The van der Waals surface area contributed by atoms with Gasteiger partial charge in [-0.05, 0) is 25.0 Å². The summed E-state index contributed by atoms with van der Waals surface area (Å²) in [5, 5.41) is 9.29. The first-order chi connectivity index (χ1) is 10.3. The Bertz CT molecular complexity index is 466. The molecule has 1 fully saturated rings. The number of carbonyl (C=O) groups excluding carboxylic acids is 1. The SMILES string of the molecule is CN=C(NCC(=O)Nc1ccccc1)NC1CCCCC1. The van der Waals surface area contributed by atoms with E-state index in [-0.39, 0.29) is 12.5 Å². The van der Waals surface area contributed by atoms with Gasteiger partial charge in [0.15, 0.2) is 5.96 Å². The van der Waals surface area contributed by atoms with Crippen LogP contribution in [0.15, 0.2) is 35.3 Å². The first kappa shape index (κ1) is 15.4. The molecule has 0 atom stereocenters. The van der Waals surface area contributed by atoms with Crippen molar-refractivity contribution in [3.63, 3.8) is 0 Å². The standard InChI is InChI=1S/C16H24N4O/c1-17-16(20-14-10-6-3-7-11-14)18-12-15(21)19-13-8-4-2-5-9-13/h2,4-5,8-9,14H,3,6-7,10-12H2,1H3,(H,19,21)(H2,17,18,20). The Labute approximate surface area is 126 Å². The first-order valence-corrected chi connectivity index (χ1v) is 7.60. The molecule has 1 aromatic rings. The molecule has 0 spiro atoms. The third-order valence-corrected chi connectivity index (χ3v) is 3.64. The number of rotatable bonds is 4. The van der Waals surface area contributed by atoms with Crippen LogP contribution in [0.1, 0.15) is 32.1 Å². The van der Waals surface area contributed by atoms with Crippen LogP contribution in [-0.2, 0) is 4.79 Å². The first-order valence-electron chi connectivity index (χ1n) is 7.60. The molecule has 1 aliphatic carbocycles. The molecule has 0 aromatic heterocycles. The van der Waals surface area contributed by atoms with Crippen molar-refractivity contribution in [3.05, 3.63) is 30.3 Å². The van der Waals surface area contributed by atoms with Gasteiger partial charge in [0, 0.05) is 18.8 Å². The fraction of sp³-hybridized carbons (Fsp3) is 0.500. The monoisotopic (exact) mass is 288 g/mol. The number of para-hydroxylation sites is 1. The van der Waals surface area contributed by atoms with E-state index in [1.54, 1.807) is 7.05 Å². The van der Waals surface area contributed by atoms with Gasteiger partial charge in [-0.2, -0.15) is 0 Å². The summed E-state index contributed by atoms with van der Waals surface area (Å²) >= 11 is 0. The highest BCUT2D eigenvalue weighted by atomic mass is 16.1. The van der Waals surface area contributed by atoms with Crippen molar-refractivity contribution in [2.45, 2.75) is 38.1 Å². The molecule has 1 saturated carbocycles. The lowest BCUT2D eigenvalue weighted by atomic mass is 9.96. The third kappa shape index (κ3) is 5.45. The number of benzene rings is 1. The third-order valence-electron chi connectivity index (χ3n) is 3.64. The van der Waals surface area contributed by atoms with Crippen LogP contribution in [0.2, 0.25) is 0 Å². The fourth-order valence-electron chi connectivity index (χ4n) is 2.53. The second kappa shape index (κ2) is 8.29. The van der Waals surface area contributed by atoms with Crippen molar-refractivity contribution in [3.8, 4) is 0 Å². The summed E-state index contributed by atoms with van der Waals surface area (Å²) in [5.41, 5.74) is 0.805. The molecule has 114 valence electrons. The van der Waals surface area contributed by atoms with Gasteiger partial charge in [0.25, 0.3) is 0 Å². The zero-order chi connectivity index (χ0) is 14.9. The summed E-state index contributed by atoms with van der Waals surface area (Å²) in [6.07, 6.45) is 6.21. The van der Waals surface area contributed by atoms with Gasteiger partial charge < -0.3 is 16.0 Å². The minimum absolute atomic E-state index is 0.0761. The average molecular weight is 288 g/mol. The van der Waals surface area contributed by atoms with Crippen LogP contribution in [0.25, 0.3) is 0 Å². The Kier molecular flexibility index (Phi) is 6.06. The lowest BCUT2D eigenvalue weighted by Crippen LogP contribution is -2.46. The van der Waals surface area contributed by atoms with Gasteiger partial charge in [0.05, 0.1) is 6.54 Å². The van der Waals surface area contributed by atoms with Crippen LogP contribution in [0.4, 0.5) is 5.69 Å². The summed E-state index contributed by atoms with van der Waals surface area (Å²) in [5.74, 6) is 0.623. The highest BCUT2D eigenvalue weighted by Gasteiger charge is 2.14. The Morgan fingerprint density at radius 3 is 2.57 bits per heavy atom. The average Bonchev–Trinajstić information content (AvgIpc) is 2.53. The molecule has 0 aliphatic heterocycles. The van der Waals surface area contributed by atoms with Gasteiger partial charge in [0.2, 0.25) is 5.91 Å². The number of aliphatic imine (C=N–C) groups is 1. The number of nitrogens with zero attached hydrogens (tertiary/aromatic N) is 1. The molecule has 0 radical (unpaired) electrons. The van der Waals surface area contributed by atoms with Crippen molar-refractivity contribution in [2.75, 3.05) is 18.9 Å². The van der Waals surface area contributed by atoms with Crippen molar-refractivity contribution < 1.29 is 4.79 Å². The number of carbonyl (C=O) groups is 1. The minimum atomic E-state index is -0.0761. The predicted octanol–water partition coefficient (Wildman–Crippen LogP) is 2.12. The zero-order valence-electron chi connectivity index (χ0n) is 12.6. The number of guanidine groups is 1. The van der Waals surface area contributed by atoms with Crippen molar-refractivity contribution in [2.24, 2.45) is 4.99 Å². The summed E-state index contributed by atoms with van der Waals surface area (Å²) in [6.45, 7) is 0.210. The Hall–Kier alpha value is -2.04. The maximum atomic E-state index is 11.9. The van der Waals surface area contributed by atoms with Gasteiger partial charge in [0.1, 0.15) is 0 Å². The Balaban J connectivity index is 1.73. The summed E-state index contributed by atoms with van der Waals surface area (Å²) in [6, 6.07) is 9.92. The molecule has 5 nitrogen and oxygen atoms in total. The molecule has 1 aliphatic rings. The number of hydrogen-bond donors (Lipinski definition) is 3. The van der Waals surface area contributed by atoms with E-state index < -0.39 is 0 Å². The highest BCUT2D eigenvalue weighted by molar-refractivity contribution is 5.94. The molecule has 1 aromatic carbocycles. The molecular weight excluding hydrogens is 264 g/mol. The summed E-state index contributed by atoms with van der Waals surface area (Å²) in [4.78, 5) is 16.0. The molecule has 21 heavy (non-hydrogen) atoms. The van der Waals surface area contributed by atoms with E-state index in [2.05, 4.69) is 20.9 Å². The van der Waals surface area contributed by atoms with E-state index in [4.69, 9.17) is 0 Å². The molecule has 0 saturated heterocycles. The summed E-state index contributed by atoms with van der Waals surface area (Å²) in [7, 11) is 1.73. The molecular formula is C16H24N4O. The molecule has 3 N–H and O–H groups in total. The Morgan fingerprint density at radius 2 is 1.90 bits per heavy atom. The number of hydrogen-bond acceptors (Lipinski definition) is 2. The van der Waals surface area contributed by atoms with Gasteiger partial charge in [-0.3, -0.25) is 9.79 Å². The molecule has 0 unspecified atom stereocenters. The van der Waals surface area contributed by atoms with Crippen molar-refractivity contribution in [1.82, 2.24) is 10.6 Å². The molecule has 2 rings (SSSR count). The minimum Gasteiger partial charge on any atom is -0.354 e. The Morgan fingerprint density at radius 1 is 1.19 bits per heavy atom. The van der Waals surface area contributed by atoms with Crippen LogP contribution < -0.4 is 16.0 Å². The number of anilines is 1. The van der Waals surface area contributed by atoms with Crippen molar-refractivity contribution in [1.29, 1.82) is 0 Å². The van der Waals surface area contributed by atoms with Gasteiger partial charge >= 0.3 is 0 Å². The van der Waals surface area contributed by atoms with E-state index >= 15 is 0 Å². The lowest BCUT2D eigenvalue weighted by molar-refractivity contribution is -0.115. The van der Waals surface area contributed by atoms with E-state index in [0.717, 1.165) is 5.69 Å². The molecule has 0 heterocycles. The van der Waals surface area contributed by atoms with Gasteiger partial charge in [-0.15, -0.1) is 0 Å². The smallest absolute Gasteiger partial charge is 0.243 e. The molecule has 1 amide bonds. The molecule has 0 bridgehead atoms. The molecule has 5 heteroatoms. The highest BCUT2D eigenvalue weighted by Crippen LogP contribution is 2.17. The zero-order valence-corrected chi connectivity index (χ0v) is 12.6. The predicted molar refractivity (Wildman–Crippen MR) is 86.4 cm³/mol. The second-order valence-corrected chi connectivity index (χ2v) is 5.32. The lowest BCUT2D eigenvalue weighted by Gasteiger charge is -2.24. The van der Waals surface area contributed by atoms with Crippen LogP contribution in [0.3, 0.4) is 0 Å². The number of nitrogens with one attached hydrogen (secondary N) is 3. The topological polar surface area (TPSA) is 65.5 Å². The van der Waals surface area contributed by atoms with Gasteiger partial charge in [-0.25, -0.2) is 0 Å².